The van der Waals surface area contributed by atoms with Crippen molar-refractivity contribution in [3.8, 4) is 5.75 Å². The van der Waals surface area contributed by atoms with Crippen LogP contribution in [-0.4, -0.2) is 42.4 Å². The van der Waals surface area contributed by atoms with Crippen molar-refractivity contribution >= 4 is 11.6 Å². The molecule has 0 bridgehead atoms. The lowest BCUT2D eigenvalue weighted by Crippen LogP contribution is -2.38. The lowest BCUT2D eigenvalue weighted by molar-refractivity contribution is -0.122. The lowest BCUT2D eigenvalue weighted by atomic mass is 9.89. The van der Waals surface area contributed by atoms with Gasteiger partial charge in [0.25, 0.3) is 0 Å². The molecular weight excluding hydrogens is 304 g/mol. The summed E-state index contributed by atoms with van der Waals surface area (Å²) < 4.78 is 7.07. The topological polar surface area (TPSA) is 59.4 Å². The first-order valence-corrected chi connectivity index (χ1v) is 8.28. The molecule has 1 aromatic carbocycles. The van der Waals surface area contributed by atoms with E-state index in [-0.39, 0.29) is 17.7 Å². The fourth-order valence-electron chi connectivity index (χ4n) is 3.36. The average Bonchev–Trinajstić information content (AvgIpc) is 3.24. The van der Waals surface area contributed by atoms with Crippen LogP contribution in [0.1, 0.15) is 18.4 Å². The second-order valence-electron chi connectivity index (χ2n) is 6.10. The summed E-state index contributed by atoms with van der Waals surface area (Å²) in [4.78, 5) is 15.0. The van der Waals surface area contributed by atoms with E-state index in [1.54, 1.807) is 11.8 Å². The highest BCUT2D eigenvalue weighted by Gasteiger charge is 2.37. The highest BCUT2D eigenvalue weighted by Crippen LogP contribution is 2.31. The fraction of sp³-hybridized carbons (Fsp3) is 0.444. The Balaban J connectivity index is 1.84. The van der Waals surface area contributed by atoms with Crippen molar-refractivity contribution in [3.63, 3.8) is 0 Å². The first-order valence-electron chi connectivity index (χ1n) is 8.28. The Bertz CT molecular complexity index is 713. The van der Waals surface area contributed by atoms with Crippen LogP contribution >= 0.6 is 0 Å². The van der Waals surface area contributed by atoms with Crippen LogP contribution in [0.2, 0.25) is 0 Å². The van der Waals surface area contributed by atoms with E-state index in [0.29, 0.717) is 13.1 Å². The summed E-state index contributed by atoms with van der Waals surface area (Å²) in [6, 6.07) is 7.65. The molecule has 1 aromatic heterocycles. The van der Waals surface area contributed by atoms with Crippen LogP contribution in [0.3, 0.4) is 0 Å². The fourth-order valence-corrected chi connectivity index (χ4v) is 3.36. The zero-order valence-corrected chi connectivity index (χ0v) is 14.4. The molecule has 128 valence electrons. The number of nitrogens with zero attached hydrogens (tertiary/aromatic N) is 3. The molecule has 1 amide bonds. The van der Waals surface area contributed by atoms with Gasteiger partial charge in [0.15, 0.2) is 0 Å². The van der Waals surface area contributed by atoms with E-state index in [9.17, 15) is 4.79 Å². The van der Waals surface area contributed by atoms with Crippen LogP contribution in [0.15, 0.2) is 36.7 Å². The number of aromatic nitrogens is 2. The van der Waals surface area contributed by atoms with E-state index >= 15 is 0 Å². The van der Waals surface area contributed by atoms with Crippen LogP contribution < -0.4 is 15.0 Å². The van der Waals surface area contributed by atoms with Crippen molar-refractivity contribution in [1.29, 1.82) is 0 Å². The monoisotopic (exact) mass is 328 g/mol. The third kappa shape index (κ3) is 3.14. The molecule has 1 fully saturated rings. The van der Waals surface area contributed by atoms with Crippen molar-refractivity contribution in [1.82, 2.24) is 15.1 Å². The molecule has 2 atom stereocenters. The minimum atomic E-state index is -0.0830. The maximum atomic E-state index is 13.2. The first kappa shape index (κ1) is 16.5. The van der Waals surface area contributed by atoms with Crippen molar-refractivity contribution in [2.45, 2.75) is 12.8 Å². The number of nitrogens with one attached hydrogen (secondary N) is 1. The molecule has 0 aliphatic carbocycles. The third-order valence-corrected chi connectivity index (χ3v) is 4.63. The van der Waals surface area contributed by atoms with E-state index in [1.807, 2.05) is 55.5 Å². The molecule has 24 heavy (non-hydrogen) atoms. The molecule has 1 aliphatic rings. The Kier molecular flexibility index (Phi) is 4.85. The molecule has 0 spiro atoms. The largest absolute Gasteiger partial charge is 0.497 e. The normalized spacial score (nSPS) is 20.1. The van der Waals surface area contributed by atoms with Crippen molar-refractivity contribution in [3.05, 3.63) is 42.2 Å². The summed E-state index contributed by atoms with van der Waals surface area (Å²) in [5.41, 5.74) is 1.99. The summed E-state index contributed by atoms with van der Waals surface area (Å²) in [7, 11) is 3.54. The summed E-state index contributed by atoms with van der Waals surface area (Å²) in [5, 5.41) is 7.60. The van der Waals surface area contributed by atoms with Gasteiger partial charge in [-0.3, -0.25) is 9.48 Å². The number of hydrogen-bond donors (Lipinski definition) is 1. The Morgan fingerprint density at radius 2 is 2.29 bits per heavy atom. The standard InChI is InChI=1S/C18H24N4O2/c1-4-22(14-6-5-7-15(8-14)24-3)18(23)17-11-19-10-16(17)13-9-20-21(2)12-13/h5-9,12,16-17,19H,4,10-11H2,1-3H3/t16-,17+/m1/s1. The first-order chi connectivity index (χ1) is 11.6. The second-order valence-corrected chi connectivity index (χ2v) is 6.10. The molecular formula is C18H24N4O2. The molecule has 6 heteroatoms. The summed E-state index contributed by atoms with van der Waals surface area (Å²) in [6.45, 7) is 4.12. The van der Waals surface area contributed by atoms with Crippen LogP contribution in [-0.2, 0) is 11.8 Å². The molecule has 0 saturated carbocycles. The Morgan fingerprint density at radius 1 is 1.46 bits per heavy atom. The Hall–Kier alpha value is -2.34. The van der Waals surface area contributed by atoms with Gasteiger partial charge in [-0.15, -0.1) is 0 Å². The van der Waals surface area contributed by atoms with Gasteiger partial charge in [-0.1, -0.05) is 6.07 Å². The van der Waals surface area contributed by atoms with E-state index < -0.39 is 0 Å². The van der Waals surface area contributed by atoms with E-state index in [4.69, 9.17) is 4.74 Å². The minimum absolute atomic E-state index is 0.0830. The number of methoxy groups -OCH3 is 1. The number of benzene rings is 1. The quantitative estimate of drug-likeness (QED) is 0.909. The maximum Gasteiger partial charge on any atom is 0.232 e. The molecule has 2 heterocycles. The van der Waals surface area contributed by atoms with Gasteiger partial charge in [-0.05, 0) is 24.6 Å². The van der Waals surface area contributed by atoms with E-state index in [1.165, 1.54) is 0 Å². The number of amides is 1. The molecule has 0 unspecified atom stereocenters. The number of ether oxygens (including phenoxy) is 1. The van der Waals surface area contributed by atoms with Gasteiger partial charge in [0.1, 0.15) is 5.75 Å². The SMILES string of the molecule is CCN(C(=O)[C@H]1CNC[C@@H]1c1cnn(C)c1)c1cccc(OC)c1. The highest BCUT2D eigenvalue weighted by molar-refractivity contribution is 5.96. The number of anilines is 1. The molecule has 3 rings (SSSR count). The molecule has 1 N–H and O–H groups in total. The minimum Gasteiger partial charge on any atom is -0.497 e. The third-order valence-electron chi connectivity index (χ3n) is 4.63. The van der Waals surface area contributed by atoms with Crippen molar-refractivity contribution in [2.24, 2.45) is 13.0 Å². The van der Waals surface area contributed by atoms with Crippen molar-refractivity contribution < 1.29 is 9.53 Å². The molecule has 2 aromatic rings. The number of carbonyl (C=O) groups is 1. The van der Waals surface area contributed by atoms with Gasteiger partial charge in [-0.25, -0.2) is 0 Å². The van der Waals surface area contributed by atoms with Crippen molar-refractivity contribution in [2.75, 3.05) is 31.6 Å². The van der Waals surface area contributed by atoms with Crippen LogP contribution in [0, 0.1) is 5.92 Å². The van der Waals surface area contributed by atoms with Crippen LogP contribution in [0.4, 0.5) is 5.69 Å². The number of carbonyl (C=O) groups excluding carboxylic acids is 1. The number of aryl methyl sites for hydroxylation is 1. The summed E-state index contributed by atoms with van der Waals surface area (Å²) in [5.74, 6) is 0.975. The van der Waals surface area contributed by atoms with Gasteiger partial charge in [0, 0.05) is 50.6 Å². The van der Waals surface area contributed by atoms with Gasteiger partial charge in [0.05, 0.1) is 19.2 Å². The Labute approximate surface area is 142 Å². The predicted molar refractivity (Wildman–Crippen MR) is 93.3 cm³/mol. The average molecular weight is 328 g/mol. The van der Waals surface area contributed by atoms with Crippen LogP contribution in [0.25, 0.3) is 0 Å². The Morgan fingerprint density at radius 3 is 2.96 bits per heavy atom. The summed E-state index contributed by atoms with van der Waals surface area (Å²) >= 11 is 0. The number of rotatable bonds is 5. The molecule has 1 aliphatic heterocycles. The zero-order valence-electron chi connectivity index (χ0n) is 14.4. The van der Waals surface area contributed by atoms with Crippen LogP contribution in [0.5, 0.6) is 5.75 Å². The smallest absolute Gasteiger partial charge is 0.232 e. The van der Waals surface area contributed by atoms with E-state index in [2.05, 4.69) is 10.4 Å². The predicted octanol–water partition coefficient (Wildman–Crippen LogP) is 1.78. The maximum absolute atomic E-state index is 13.2. The molecule has 6 nitrogen and oxygen atoms in total. The van der Waals surface area contributed by atoms with Gasteiger partial charge < -0.3 is 15.0 Å². The molecule has 0 radical (unpaired) electrons. The lowest BCUT2D eigenvalue weighted by Gasteiger charge is -2.27. The van der Waals surface area contributed by atoms with Gasteiger partial charge in [0.2, 0.25) is 5.91 Å². The second kappa shape index (κ2) is 7.05. The van der Waals surface area contributed by atoms with Gasteiger partial charge in [-0.2, -0.15) is 5.10 Å². The van der Waals surface area contributed by atoms with Gasteiger partial charge >= 0.3 is 0 Å². The molecule has 1 saturated heterocycles. The van der Waals surface area contributed by atoms with E-state index in [0.717, 1.165) is 23.5 Å². The zero-order chi connectivity index (χ0) is 17.1. The summed E-state index contributed by atoms with van der Waals surface area (Å²) in [6.07, 6.45) is 3.86. The highest BCUT2D eigenvalue weighted by atomic mass is 16.5. The number of hydrogen-bond acceptors (Lipinski definition) is 4.